The third-order valence-electron chi connectivity index (χ3n) is 3.77. The Morgan fingerprint density at radius 1 is 1.14 bits per heavy atom. The van der Waals surface area contributed by atoms with Gasteiger partial charge in [-0.05, 0) is 35.6 Å². The Bertz CT molecular complexity index is 645. The molecule has 0 spiro atoms. The summed E-state index contributed by atoms with van der Waals surface area (Å²) in [6.45, 7) is 4.14. The van der Waals surface area contributed by atoms with E-state index < -0.39 is 17.7 Å². The summed E-state index contributed by atoms with van der Waals surface area (Å²) in [5.74, 6) is -1.91. The van der Waals surface area contributed by atoms with Crippen molar-refractivity contribution >= 4 is 17.6 Å². The number of aliphatic carboxylic acids is 1. The van der Waals surface area contributed by atoms with Crippen LogP contribution in [-0.4, -0.2) is 11.1 Å². The van der Waals surface area contributed by atoms with E-state index in [1.165, 1.54) is 12.1 Å². The normalized spacial score (nSPS) is 12.4. The van der Waals surface area contributed by atoms with Crippen LogP contribution >= 0.6 is 11.6 Å². The van der Waals surface area contributed by atoms with Gasteiger partial charge >= 0.3 is 5.97 Å². The molecule has 0 saturated carbocycles. The standard InChI is InChI=1S/C18H18ClFO2/c1-11(2)12-6-8-13(9-7-12)14(18(21)22)10-15-16(19)4-3-5-17(15)20/h3-9,11,14H,10H2,1-2H3,(H,21,22). The predicted molar refractivity (Wildman–Crippen MR) is 86.0 cm³/mol. The molecule has 2 aromatic carbocycles. The highest BCUT2D eigenvalue weighted by atomic mass is 35.5. The Labute approximate surface area is 134 Å². The molecule has 1 N–H and O–H groups in total. The maximum Gasteiger partial charge on any atom is 0.311 e. The smallest absolute Gasteiger partial charge is 0.311 e. The summed E-state index contributed by atoms with van der Waals surface area (Å²) in [7, 11) is 0. The highest BCUT2D eigenvalue weighted by Crippen LogP contribution is 2.28. The van der Waals surface area contributed by atoms with Crippen LogP contribution in [0.4, 0.5) is 4.39 Å². The van der Waals surface area contributed by atoms with Gasteiger partial charge in [-0.1, -0.05) is 55.8 Å². The Morgan fingerprint density at radius 3 is 2.23 bits per heavy atom. The molecule has 116 valence electrons. The molecular formula is C18H18ClFO2. The molecule has 2 rings (SSSR count). The molecule has 0 aliphatic rings. The van der Waals surface area contributed by atoms with Gasteiger partial charge in [-0.25, -0.2) is 4.39 Å². The number of carbonyl (C=O) groups is 1. The molecule has 22 heavy (non-hydrogen) atoms. The predicted octanol–water partition coefficient (Wildman–Crippen LogP) is 5.01. The molecule has 0 aliphatic heterocycles. The summed E-state index contributed by atoms with van der Waals surface area (Å²) in [6, 6.07) is 11.8. The Kier molecular flexibility index (Phi) is 5.19. The van der Waals surface area contributed by atoms with Crippen molar-refractivity contribution in [1.29, 1.82) is 0 Å². The van der Waals surface area contributed by atoms with Gasteiger partial charge in [0.2, 0.25) is 0 Å². The zero-order valence-electron chi connectivity index (χ0n) is 12.5. The van der Waals surface area contributed by atoms with Crippen LogP contribution in [0.3, 0.4) is 0 Å². The topological polar surface area (TPSA) is 37.3 Å². The zero-order chi connectivity index (χ0) is 16.3. The lowest BCUT2D eigenvalue weighted by Gasteiger charge is -2.15. The minimum absolute atomic E-state index is 0.0296. The van der Waals surface area contributed by atoms with Crippen molar-refractivity contribution in [2.45, 2.75) is 32.1 Å². The monoisotopic (exact) mass is 320 g/mol. The molecule has 1 unspecified atom stereocenters. The largest absolute Gasteiger partial charge is 0.481 e. The van der Waals surface area contributed by atoms with Crippen molar-refractivity contribution in [3.63, 3.8) is 0 Å². The molecular weight excluding hydrogens is 303 g/mol. The molecule has 0 saturated heterocycles. The van der Waals surface area contributed by atoms with E-state index in [1.807, 2.05) is 12.1 Å². The number of benzene rings is 2. The first-order chi connectivity index (χ1) is 10.4. The summed E-state index contributed by atoms with van der Waals surface area (Å²) >= 11 is 6.00. The molecule has 0 aliphatic carbocycles. The van der Waals surface area contributed by atoms with E-state index in [1.54, 1.807) is 18.2 Å². The molecule has 2 nitrogen and oxygen atoms in total. The van der Waals surface area contributed by atoms with Crippen molar-refractivity contribution in [3.8, 4) is 0 Å². The SMILES string of the molecule is CC(C)c1ccc(C(Cc2c(F)cccc2Cl)C(=O)O)cc1. The second kappa shape index (κ2) is 6.93. The van der Waals surface area contributed by atoms with Gasteiger partial charge in [-0.2, -0.15) is 0 Å². The number of hydrogen-bond acceptors (Lipinski definition) is 1. The quantitative estimate of drug-likeness (QED) is 0.840. The van der Waals surface area contributed by atoms with Gasteiger partial charge in [0.1, 0.15) is 5.82 Å². The first kappa shape index (κ1) is 16.5. The highest BCUT2D eigenvalue weighted by Gasteiger charge is 2.23. The van der Waals surface area contributed by atoms with Crippen molar-refractivity contribution in [1.82, 2.24) is 0 Å². The third-order valence-corrected chi connectivity index (χ3v) is 4.13. The second-order valence-electron chi connectivity index (χ2n) is 5.62. The van der Waals surface area contributed by atoms with E-state index in [-0.39, 0.29) is 17.0 Å². The van der Waals surface area contributed by atoms with Crippen LogP contribution < -0.4 is 0 Å². The van der Waals surface area contributed by atoms with Gasteiger partial charge in [0.15, 0.2) is 0 Å². The fraction of sp³-hybridized carbons (Fsp3) is 0.278. The van der Waals surface area contributed by atoms with Gasteiger partial charge < -0.3 is 5.11 Å². The van der Waals surface area contributed by atoms with Crippen LogP contribution in [0.2, 0.25) is 5.02 Å². The fourth-order valence-corrected chi connectivity index (χ4v) is 2.63. The zero-order valence-corrected chi connectivity index (χ0v) is 13.3. The van der Waals surface area contributed by atoms with Crippen LogP contribution in [0, 0.1) is 5.82 Å². The molecule has 0 aromatic heterocycles. The average molecular weight is 321 g/mol. The molecule has 1 atom stereocenters. The van der Waals surface area contributed by atoms with Gasteiger partial charge in [0.25, 0.3) is 0 Å². The van der Waals surface area contributed by atoms with Gasteiger partial charge in [-0.3, -0.25) is 4.79 Å². The van der Waals surface area contributed by atoms with E-state index in [4.69, 9.17) is 11.6 Å². The lowest BCUT2D eigenvalue weighted by atomic mass is 9.90. The van der Waals surface area contributed by atoms with E-state index in [0.717, 1.165) is 5.56 Å². The first-order valence-electron chi connectivity index (χ1n) is 7.15. The Hall–Kier alpha value is -1.87. The first-order valence-corrected chi connectivity index (χ1v) is 7.53. The maximum atomic E-state index is 13.9. The van der Waals surface area contributed by atoms with Crippen molar-refractivity contribution in [2.24, 2.45) is 0 Å². The van der Waals surface area contributed by atoms with Crippen molar-refractivity contribution in [3.05, 3.63) is 70.0 Å². The number of hydrogen-bond donors (Lipinski definition) is 1. The fourth-order valence-electron chi connectivity index (χ4n) is 2.39. The number of carboxylic acid groups (broad SMARTS) is 1. The molecule has 2 aromatic rings. The van der Waals surface area contributed by atoms with Crippen LogP contribution in [0.5, 0.6) is 0 Å². The summed E-state index contributed by atoms with van der Waals surface area (Å²) in [6.07, 6.45) is 0.0296. The van der Waals surface area contributed by atoms with E-state index in [9.17, 15) is 14.3 Å². The number of halogens is 2. The molecule has 0 fully saturated rings. The molecule has 0 radical (unpaired) electrons. The second-order valence-corrected chi connectivity index (χ2v) is 6.02. The average Bonchev–Trinajstić information content (AvgIpc) is 2.46. The highest BCUT2D eigenvalue weighted by molar-refractivity contribution is 6.31. The van der Waals surface area contributed by atoms with Gasteiger partial charge in [-0.15, -0.1) is 0 Å². The van der Waals surface area contributed by atoms with E-state index in [2.05, 4.69) is 13.8 Å². The molecule has 0 amide bonds. The maximum absolute atomic E-state index is 13.9. The van der Waals surface area contributed by atoms with E-state index in [0.29, 0.717) is 11.5 Å². The van der Waals surface area contributed by atoms with Crippen LogP contribution in [-0.2, 0) is 11.2 Å². The van der Waals surface area contributed by atoms with E-state index >= 15 is 0 Å². The lowest BCUT2D eigenvalue weighted by molar-refractivity contribution is -0.138. The summed E-state index contributed by atoms with van der Waals surface area (Å²) in [5, 5.41) is 9.74. The summed E-state index contributed by atoms with van der Waals surface area (Å²) < 4.78 is 13.9. The van der Waals surface area contributed by atoms with Crippen molar-refractivity contribution in [2.75, 3.05) is 0 Å². The molecule has 0 bridgehead atoms. The Balaban J connectivity index is 2.33. The summed E-state index contributed by atoms with van der Waals surface area (Å²) in [5.41, 5.74) is 2.03. The number of carboxylic acids is 1. The molecule has 4 heteroatoms. The Morgan fingerprint density at radius 2 is 1.73 bits per heavy atom. The minimum Gasteiger partial charge on any atom is -0.481 e. The third kappa shape index (κ3) is 3.66. The summed E-state index contributed by atoms with van der Waals surface area (Å²) in [4.78, 5) is 11.6. The van der Waals surface area contributed by atoms with Crippen LogP contribution in [0.25, 0.3) is 0 Å². The van der Waals surface area contributed by atoms with Gasteiger partial charge in [0, 0.05) is 10.6 Å². The number of rotatable bonds is 5. The minimum atomic E-state index is -0.989. The molecule has 0 heterocycles. The van der Waals surface area contributed by atoms with Crippen LogP contribution in [0.15, 0.2) is 42.5 Å². The van der Waals surface area contributed by atoms with Crippen LogP contribution in [0.1, 0.15) is 42.4 Å². The van der Waals surface area contributed by atoms with Crippen molar-refractivity contribution < 1.29 is 14.3 Å². The lowest BCUT2D eigenvalue weighted by Crippen LogP contribution is -2.15. The van der Waals surface area contributed by atoms with Gasteiger partial charge in [0.05, 0.1) is 5.92 Å².